The highest BCUT2D eigenvalue weighted by Gasteiger charge is 2.26. The SMILES string of the molecule is CCn1cccc1-c1noc(CNS(=O)(=O)c2c(C)nn(C(C)C)c2C)n1. The van der Waals surface area contributed by atoms with Crippen LogP contribution in [0.5, 0.6) is 0 Å². The van der Waals surface area contributed by atoms with Crippen LogP contribution in [-0.4, -0.2) is 32.9 Å². The summed E-state index contributed by atoms with van der Waals surface area (Å²) in [5.74, 6) is 0.625. The van der Waals surface area contributed by atoms with Crippen LogP contribution in [-0.2, 0) is 23.1 Å². The van der Waals surface area contributed by atoms with Gasteiger partial charge in [-0.25, -0.2) is 13.1 Å². The summed E-state index contributed by atoms with van der Waals surface area (Å²) in [6.07, 6.45) is 1.92. The van der Waals surface area contributed by atoms with Gasteiger partial charge in [0.2, 0.25) is 21.7 Å². The highest BCUT2D eigenvalue weighted by Crippen LogP contribution is 2.22. The molecule has 3 aromatic rings. The molecule has 0 aromatic carbocycles. The van der Waals surface area contributed by atoms with Gasteiger partial charge in [-0.05, 0) is 46.8 Å². The quantitative estimate of drug-likeness (QED) is 0.662. The summed E-state index contributed by atoms with van der Waals surface area (Å²) in [6.45, 7) is 10.0. The number of nitrogens with zero attached hydrogens (tertiary/aromatic N) is 5. The maximum atomic E-state index is 12.8. The van der Waals surface area contributed by atoms with E-state index in [0.29, 0.717) is 17.2 Å². The predicted molar refractivity (Wildman–Crippen MR) is 99.5 cm³/mol. The Morgan fingerprint density at radius 1 is 1.30 bits per heavy atom. The summed E-state index contributed by atoms with van der Waals surface area (Å²) in [5, 5.41) is 8.28. The first kappa shape index (κ1) is 19.3. The molecule has 3 heterocycles. The molecule has 0 saturated heterocycles. The van der Waals surface area contributed by atoms with Crippen LogP contribution < -0.4 is 4.72 Å². The molecule has 0 radical (unpaired) electrons. The van der Waals surface area contributed by atoms with Crippen LogP contribution in [0.3, 0.4) is 0 Å². The highest BCUT2D eigenvalue weighted by molar-refractivity contribution is 7.89. The van der Waals surface area contributed by atoms with Crippen molar-refractivity contribution in [3.8, 4) is 11.5 Å². The zero-order chi connectivity index (χ0) is 19.8. The minimum Gasteiger partial charge on any atom is -0.345 e. The molecule has 0 spiro atoms. The van der Waals surface area contributed by atoms with Crippen molar-refractivity contribution >= 4 is 10.0 Å². The fraction of sp³-hybridized carbons (Fsp3) is 0.471. The number of hydrogen-bond acceptors (Lipinski definition) is 6. The van der Waals surface area contributed by atoms with Crippen LogP contribution in [0.4, 0.5) is 0 Å². The third-order valence-electron chi connectivity index (χ3n) is 4.30. The topological polar surface area (TPSA) is 108 Å². The molecule has 0 atom stereocenters. The number of aromatic nitrogens is 5. The van der Waals surface area contributed by atoms with Gasteiger partial charge in [0.25, 0.3) is 0 Å². The summed E-state index contributed by atoms with van der Waals surface area (Å²) in [4.78, 5) is 4.48. The lowest BCUT2D eigenvalue weighted by Gasteiger charge is -2.09. The van der Waals surface area contributed by atoms with E-state index in [1.165, 1.54) is 0 Å². The normalized spacial score (nSPS) is 12.2. The molecular weight excluding hydrogens is 368 g/mol. The van der Waals surface area contributed by atoms with Crippen molar-refractivity contribution in [3.05, 3.63) is 35.6 Å². The van der Waals surface area contributed by atoms with Crippen LogP contribution >= 0.6 is 0 Å². The molecule has 3 rings (SSSR count). The van der Waals surface area contributed by atoms with Crippen molar-refractivity contribution in [2.75, 3.05) is 0 Å². The van der Waals surface area contributed by atoms with E-state index < -0.39 is 10.0 Å². The molecule has 0 amide bonds. The molecule has 3 aromatic heterocycles. The lowest BCUT2D eigenvalue weighted by atomic mass is 10.3. The fourth-order valence-corrected chi connectivity index (χ4v) is 4.46. The molecule has 0 unspecified atom stereocenters. The second-order valence-electron chi connectivity index (χ2n) is 6.55. The molecule has 0 saturated carbocycles. The van der Waals surface area contributed by atoms with Gasteiger partial charge >= 0.3 is 0 Å². The fourth-order valence-electron chi connectivity index (χ4n) is 3.09. The van der Waals surface area contributed by atoms with Gasteiger partial charge < -0.3 is 9.09 Å². The third-order valence-corrected chi connectivity index (χ3v) is 5.95. The second kappa shape index (κ2) is 7.28. The first-order valence-corrected chi connectivity index (χ1v) is 10.3. The summed E-state index contributed by atoms with van der Waals surface area (Å²) in [7, 11) is -3.76. The first-order valence-electron chi connectivity index (χ1n) is 8.78. The van der Waals surface area contributed by atoms with Crippen LogP contribution in [0.1, 0.15) is 44.1 Å². The molecule has 146 valence electrons. The maximum absolute atomic E-state index is 12.8. The lowest BCUT2D eigenvalue weighted by molar-refractivity contribution is 0.375. The maximum Gasteiger partial charge on any atom is 0.244 e. The van der Waals surface area contributed by atoms with Gasteiger partial charge in [0.1, 0.15) is 4.90 Å². The Hall–Kier alpha value is -2.46. The number of nitrogens with one attached hydrogen (secondary N) is 1. The predicted octanol–water partition coefficient (Wildman–Crippen LogP) is 2.43. The van der Waals surface area contributed by atoms with Gasteiger partial charge in [0.05, 0.1) is 23.6 Å². The number of rotatable bonds is 7. The van der Waals surface area contributed by atoms with Crippen molar-refractivity contribution in [2.45, 2.75) is 58.6 Å². The third kappa shape index (κ3) is 3.67. The van der Waals surface area contributed by atoms with E-state index in [2.05, 4.69) is 20.0 Å². The van der Waals surface area contributed by atoms with Gasteiger partial charge in [0, 0.05) is 18.8 Å². The van der Waals surface area contributed by atoms with Crippen molar-refractivity contribution < 1.29 is 12.9 Å². The number of sulfonamides is 1. The molecule has 9 nitrogen and oxygen atoms in total. The molecule has 1 N–H and O–H groups in total. The summed E-state index contributed by atoms with van der Waals surface area (Å²) in [6, 6.07) is 3.85. The minimum atomic E-state index is -3.76. The van der Waals surface area contributed by atoms with E-state index >= 15 is 0 Å². The smallest absolute Gasteiger partial charge is 0.244 e. The van der Waals surface area contributed by atoms with E-state index in [1.807, 2.05) is 43.7 Å². The van der Waals surface area contributed by atoms with Crippen LogP contribution in [0, 0.1) is 13.8 Å². The van der Waals surface area contributed by atoms with Crippen molar-refractivity contribution in [1.82, 2.24) is 29.2 Å². The highest BCUT2D eigenvalue weighted by atomic mass is 32.2. The Morgan fingerprint density at radius 2 is 2.04 bits per heavy atom. The van der Waals surface area contributed by atoms with Gasteiger partial charge in [-0.15, -0.1) is 0 Å². The molecule has 0 aliphatic carbocycles. The summed E-state index contributed by atoms with van der Waals surface area (Å²) >= 11 is 0. The molecule has 0 bridgehead atoms. The van der Waals surface area contributed by atoms with Crippen LogP contribution in [0.2, 0.25) is 0 Å². The van der Waals surface area contributed by atoms with Crippen molar-refractivity contribution in [1.29, 1.82) is 0 Å². The Labute approximate surface area is 158 Å². The molecular formula is C17H24N6O3S. The Balaban J connectivity index is 1.79. The van der Waals surface area contributed by atoms with Gasteiger partial charge in [-0.1, -0.05) is 5.16 Å². The van der Waals surface area contributed by atoms with Crippen LogP contribution in [0.25, 0.3) is 11.5 Å². The van der Waals surface area contributed by atoms with E-state index in [9.17, 15) is 8.42 Å². The van der Waals surface area contributed by atoms with Crippen LogP contribution in [0.15, 0.2) is 27.7 Å². The van der Waals surface area contributed by atoms with Gasteiger partial charge in [0.15, 0.2) is 0 Å². The lowest BCUT2D eigenvalue weighted by Crippen LogP contribution is -2.24. The van der Waals surface area contributed by atoms with E-state index in [1.54, 1.807) is 18.5 Å². The van der Waals surface area contributed by atoms with Crippen molar-refractivity contribution in [3.63, 3.8) is 0 Å². The molecule has 0 aliphatic rings. The average molecular weight is 392 g/mol. The second-order valence-corrected chi connectivity index (χ2v) is 8.26. The van der Waals surface area contributed by atoms with E-state index in [4.69, 9.17) is 4.52 Å². The monoisotopic (exact) mass is 392 g/mol. The zero-order valence-corrected chi connectivity index (χ0v) is 16.9. The summed E-state index contributed by atoms with van der Waals surface area (Å²) < 4.78 is 36.9. The summed E-state index contributed by atoms with van der Waals surface area (Å²) in [5.41, 5.74) is 1.88. The van der Waals surface area contributed by atoms with E-state index in [-0.39, 0.29) is 23.4 Å². The van der Waals surface area contributed by atoms with Crippen molar-refractivity contribution in [2.24, 2.45) is 0 Å². The average Bonchev–Trinajstić information content (AvgIpc) is 3.30. The first-order chi connectivity index (χ1) is 12.7. The standard InChI is InChI=1S/C17H24N6O3S/c1-6-22-9-7-8-14(22)17-19-15(26-21-17)10-18-27(24,25)16-12(4)20-23(11(2)3)13(16)5/h7-9,11,18H,6,10H2,1-5H3. The van der Waals surface area contributed by atoms with Gasteiger partial charge in [-0.2, -0.15) is 10.1 Å². The Bertz CT molecular complexity index is 1040. The number of aryl methyl sites for hydroxylation is 2. The largest absolute Gasteiger partial charge is 0.345 e. The molecule has 0 fully saturated rings. The Kier molecular flexibility index (Phi) is 5.20. The zero-order valence-electron chi connectivity index (χ0n) is 16.1. The Morgan fingerprint density at radius 3 is 2.67 bits per heavy atom. The molecule has 0 aliphatic heterocycles. The minimum absolute atomic E-state index is 0.0703. The molecule has 27 heavy (non-hydrogen) atoms. The molecule has 10 heteroatoms. The van der Waals surface area contributed by atoms with E-state index in [0.717, 1.165) is 12.2 Å². The number of hydrogen-bond donors (Lipinski definition) is 1. The van der Waals surface area contributed by atoms with Gasteiger partial charge in [-0.3, -0.25) is 4.68 Å².